The molecule has 1 aromatic heterocycles. The lowest BCUT2D eigenvalue weighted by molar-refractivity contribution is -0.139. The lowest BCUT2D eigenvalue weighted by Gasteiger charge is -2.31. The van der Waals surface area contributed by atoms with Gasteiger partial charge in [-0.25, -0.2) is 0 Å². The summed E-state index contributed by atoms with van der Waals surface area (Å²) in [5.74, 6) is 0.211. The first-order valence-corrected chi connectivity index (χ1v) is 13.2. The Morgan fingerprint density at radius 2 is 1.80 bits per heavy atom. The molecule has 1 fully saturated rings. The van der Waals surface area contributed by atoms with Crippen LogP contribution < -0.4 is 5.32 Å². The average Bonchev–Trinajstić information content (AvgIpc) is 3.08. The van der Waals surface area contributed by atoms with E-state index in [9.17, 15) is 9.59 Å². The number of benzene rings is 2. The molecule has 2 aliphatic rings. The number of ether oxygens (including phenoxy) is 1. The summed E-state index contributed by atoms with van der Waals surface area (Å²) >= 11 is 1.54. The summed E-state index contributed by atoms with van der Waals surface area (Å²) in [5, 5.41) is 5.15. The molecule has 0 spiro atoms. The molecule has 3 heterocycles. The van der Waals surface area contributed by atoms with Gasteiger partial charge in [0.2, 0.25) is 11.8 Å². The second kappa shape index (κ2) is 10.8. The molecule has 1 atom stereocenters. The number of para-hydroxylation sites is 1. The second-order valence-electron chi connectivity index (χ2n) is 9.08. The molecule has 3 aromatic rings. The Bertz CT molecular complexity index is 1190. The number of aromatic nitrogens is 1. The molecule has 184 valence electrons. The number of nitrogens with one attached hydrogen (secondary N) is 1. The van der Waals surface area contributed by atoms with Gasteiger partial charge in [-0.1, -0.05) is 60.3 Å². The Morgan fingerprint density at radius 3 is 2.60 bits per heavy atom. The highest BCUT2D eigenvalue weighted by molar-refractivity contribution is 8.00. The molecule has 0 radical (unpaired) electrons. The van der Waals surface area contributed by atoms with Gasteiger partial charge in [0.15, 0.2) is 0 Å². The Kier molecular flexibility index (Phi) is 7.41. The monoisotopic (exact) mass is 492 g/mol. The maximum Gasteiger partial charge on any atom is 0.247 e. The number of hydrogen-bond donors (Lipinski definition) is 1. The normalized spacial score (nSPS) is 18.9. The zero-order valence-electron chi connectivity index (χ0n) is 20.1. The molecule has 1 saturated heterocycles. The number of thioether (sulfide) groups is 1. The minimum atomic E-state index is -0.660. The van der Waals surface area contributed by atoms with Gasteiger partial charge in [-0.15, -0.1) is 0 Å². The van der Waals surface area contributed by atoms with E-state index >= 15 is 0 Å². The third-order valence-corrected chi connectivity index (χ3v) is 8.02. The SMILES string of the molecule is Cn1c2c(c3ccccc31)C(C(=O)NCc1ccccc1)N(CCCN1CCOCC1)C(=O)CS2. The molecule has 2 aromatic carbocycles. The van der Waals surface area contributed by atoms with Crippen LogP contribution in [0.3, 0.4) is 0 Å². The molecule has 8 heteroatoms. The largest absolute Gasteiger partial charge is 0.379 e. The van der Waals surface area contributed by atoms with Gasteiger partial charge >= 0.3 is 0 Å². The quantitative estimate of drug-likeness (QED) is 0.549. The summed E-state index contributed by atoms with van der Waals surface area (Å²) in [5.41, 5.74) is 3.05. The molecule has 1 unspecified atom stereocenters. The maximum absolute atomic E-state index is 13.8. The van der Waals surface area contributed by atoms with Crippen molar-refractivity contribution < 1.29 is 14.3 Å². The first-order chi connectivity index (χ1) is 17.1. The molecule has 0 aliphatic carbocycles. The van der Waals surface area contributed by atoms with Gasteiger partial charge in [0.1, 0.15) is 6.04 Å². The fourth-order valence-electron chi connectivity index (χ4n) is 5.05. The average molecular weight is 493 g/mol. The van der Waals surface area contributed by atoms with Crippen LogP contribution in [0.25, 0.3) is 10.9 Å². The van der Waals surface area contributed by atoms with Crippen LogP contribution in [-0.4, -0.2) is 71.3 Å². The lowest BCUT2D eigenvalue weighted by Crippen LogP contribution is -2.45. The summed E-state index contributed by atoms with van der Waals surface area (Å²) < 4.78 is 7.58. The van der Waals surface area contributed by atoms with Gasteiger partial charge in [-0.2, -0.15) is 0 Å². The maximum atomic E-state index is 13.8. The van der Waals surface area contributed by atoms with E-state index in [0.29, 0.717) is 18.8 Å². The minimum Gasteiger partial charge on any atom is -0.379 e. The molecular formula is C27H32N4O3S. The summed E-state index contributed by atoms with van der Waals surface area (Å²) in [7, 11) is 2.02. The fourth-order valence-corrected chi connectivity index (χ4v) is 6.14. The lowest BCUT2D eigenvalue weighted by atomic mass is 10.0. The third-order valence-electron chi connectivity index (χ3n) is 6.86. The van der Waals surface area contributed by atoms with Crippen LogP contribution in [0.4, 0.5) is 0 Å². The van der Waals surface area contributed by atoms with Crippen LogP contribution in [0.1, 0.15) is 23.6 Å². The molecular weight excluding hydrogens is 460 g/mol. The molecule has 2 aliphatic heterocycles. The van der Waals surface area contributed by atoms with Crippen molar-refractivity contribution in [3.8, 4) is 0 Å². The van der Waals surface area contributed by atoms with Crippen LogP contribution in [0.2, 0.25) is 0 Å². The van der Waals surface area contributed by atoms with Crippen molar-refractivity contribution in [3.05, 3.63) is 65.7 Å². The zero-order valence-corrected chi connectivity index (χ0v) is 20.9. The Morgan fingerprint density at radius 1 is 1.06 bits per heavy atom. The minimum absolute atomic E-state index is 0.0112. The van der Waals surface area contributed by atoms with E-state index in [1.807, 2.05) is 54.4 Å². The predicted octanol–water partition coefficient (Wildman–Crippen LogP) is 3.19. The molecule has 0 bridgehead atoms. The van der Waals surface area contributed by atoms with Crippen molar-refractivity contribution in [3.63, 3.8) is 0 Å². The van der Waals surface area contributed by atoms with Crippen LogP contribution in [0.15, 0.2) is 59.6 Å². The molecule has 5 rings (SSSR count). The van der Waals surface area contributed by atoms with Crippen LogP contribution in [-0.2, 0) is 27.9 Å². The molecule has 35 heavy (non-hydrogen) atoms. The fraction of sp³-hybridized carbons (Fsp3) is 0.407. The number of hydrogen-bond acceptors (Lipinski definition) is 5. The van der Waals surface area contributed by atoms with Crippen molar-refractivity contribution >= 4 is 34.5 Å². The molecule has 1 N–H and O–H groups in total. The first kappa shape index (κ1) is 23.9. The summed E-state index contributed by atoms with van der Waals surface area (Å²) in [6.07, 6.45) is 0.818. The summed E-state index contributed by atoms with van der Waals surface area (Å²) in [6, 6.07) is 17.4. The van der Waals surface area contributed by atoms with Gasteiger partial charge in [-0.05, 0) is 18.1 Å². The van der Waals surface area contributed by atoms with Crippen molar-refractivity contribution in [1.82, 2.24) is 19.7 Å². The van der Waals surface area contributed by atoms with Crippen molar-refractivity contribution in [1.29, 1.82) is 0 Å². The second-order valence-corrected chi connectivity index (χ2v) is 10.0. The van der Waals surface area contributed by atoms with Gasteiger partial charge < -0.3 is 19.5 Å². The third kappa shape index (κ3) is 5.10. The first-order valence-electron chi connectivity index (χ1n) is 12.2. The number of amides is 2. The standard InChI is InChI=1S/C27H32N4O3S/c1-29-22-11-6-5-10-21(22)24-25(26(33)28-18-20-8-3-2-4-9-20)31(23(32)19-35-27(24)29)13-7-12-30-14-16-34-17-15-30/h2-6,8-11,25H,7,12-19H2,1H3,(H,28,33). The van der Waals surface area contributed by atoms with Crippen LogP contribution >= 0.6 is 11.8 Å². The Hall–Kier alpha value is -2.81. The van der Waals surface area contributed by atoms with Crippen LogP contribution in [0.5, 0.6) is 0 Å². The van der Waals surface area contributed by atoms with E-state index in [0.717, 1.165) is 66.3 Å². The number of fused-ring (bicyclic) bond motifs is 3. The van der Waals surface area contributed by atoms with E-state index < -0.39 is 6.04 Å². The topological polar surface area (TPSA) is 66.8 Å². The number of rotatable bonds is 7. The van der Waals surface area contributed by atoms with E-state index in [4.69, 9.17) is 4.74 Å². The number of aryl methyl sites for hydroxylation is 1. The molecule has 2 amide bonds. The molecule has 7 nitrogen and oxygen atoms in total. The van der Waals surface area contributed by atoms with Crippen molar-refractivity contribution in [2.75, 3.05) is 45.1 Å². The van der Waals surface area contributed by atoms with Gasteiger partial charge in [0.25, 0.3) is 0 Å². The van der Waals surface area contributed by atoms with Crippen molar-refractivity contribution in [2.24, 2.45) is 7.05 Å². The van der Waals surface area contributed by atoms with E-state index in [-0.39, 0.29) is 11.8 Å². The highest BCUT2D eigenvalue weighted by atomic mass is 32.2. The molecule has 0 saturated carbocycles. The number of morpholine rings is 1. The predicted molar refractivity (Wildman–Crippen MR) is 138 cm³/mol. The van der Waals surface area contributed by atoms with Gasteiger partial charge in [0.05, 0.1) is 24.0 Å². The highest BCUT2D eigenvalue weighted by Gasteiger charge is 2.38. The number of nitrogens with zero attached hydrogens (tertiary/aromatic N) is 3. The zero-order chi connectivity index (χ0) is 24.2. The Labute approximate surface area is 210 Å². The highest BCUT2D eigenvalue weighted by Crippen LogP contribution is 2.41. The Balaban J connectivity index is 1.45. The van der Waals surface area contributed by atoms with Gasteiger partial charge in [0, 0.05) is 56.2 Å². The van der Waals surface area contributed by atoms with E-state index in [2.05, 4.69) is 26.9 Å². The number of carbonyl (C=O) groups excluding carboxylic acids is 2. The van der Waals surface area contributed by atoms with Gasteiger partial charge in [-0.3, -0.25) is 14.5 Å². The van der Waals surface area contributed by atoms with E-state index in [1.165, 1.54) is 11.8 Å². The summed E-state index contributed by atoms with van der Waals surface area (Å²) in [6.45, 7) is 5.20. The van der Waals surface area contributed by atoms with Crippen molar-refractivity contribution in [2.45, 2.75) is 24.0 Å². The van der Waals surface area contributed by atoms with E-state index in [1.54, 1.807) is 0 Å². The summed E-state index contributed by atoms with van der Waals surface area (Å²) in [4.78, 5) is 31.4. The van der Waals surface area contributed by atoms with Crippen LogP contribution in [0, 0.1) is 0 Å². The smallest absolute Gasteiger partial charge is 0.247 e. The number of carbonyl (C=O) groups is 2.